The second-order valence-corrected chi connectivity index (χ2v) is 5.46. The number of pyridine rings is 1. The first-order chi connectivity index (χ1) is 8.74. The summed E-state index contributed by atoms with van der Waals surface area (Å²) in [6.45, 7) is 3.19. The van der Waals surface area contributed by atoms with Gasteiger partial charge in [-0.05, 0) is 40.9 Å². The van der Waals surface area contributed by atoms with Crippen LogP contribution in [0.15, 0.2) is 27.5 Å². The van der Waals surface area contributed by atoms with Crippen molar-refractivity contribution in [3.8, 4) is 11.4 Å². The van der Waals surface area contributed by atoms with E-state index in [2.05, 4.69) is 43.3 Å². The molecule has 0 bridgehead atoms. The van der Waals surface area contributed by atoms with E-state index in [-0.39, 0.29) is 6.04 Å². The molecular weight excluding hydrogens is 296 g/mol. The molecule has 2 unspecified atom stereocenters. The van der Waals surface area contributed by atoms with Crippen molar-refractivity contribution in [3.63, 3.8) is 0 Å². The molecule has 1 fully saturated rings. The summed E-state index contributed by atoms with van der Waals surface area (Å²) < 4.78 is 6.25. The average molecular weight is 309 g/mol. The lowest BCUT2D eigenvalue weighted by Crippen LogP contribution is -2.16. The molecule has 0 aromatic carbocycles. The predicted molar refractivity (Wildman–Crippen MR) is 69.8 cm³/mol. The SMILES string of the molecule is CC1CCNC1c1nc(-c2cncc(Br)c2)no1. The maximum atomic E-state index is 5.35. The molecule has 0 radical (unpaired) electrons. The molecule has 1 saturated heterocycles. The van der Waals surface area contributed by atoms with Gasteiger partial charge in [0, 0.05) is 22.4 Å². The van der Waals surface area contributed by atoms with Crippen molar-refractivity contribution in [3.05, 3.63) is 28.8 Å². The monoisotopic (exact) mass is 308 g/mol. The number of nitrogens with one attached hydrogen (secondary N) is 1. The van der Waals surface area contributed by atoms with Gasteiger partial charge in [0.05, 0.1) is 6.04 Å². The molecule has 18 heavy (non-hydrogen) atoms. The summed E-state index contributed by atoms with van der Waals surface area (Å²) in [5.41, 5.74) is 0.852. The minimum absolute atomic E-state index is 0.173. The standard InChI is InChI=1S/C12H13BrN4O/c1-7-2-3-15-10(7)12-16-11(17-18-12)8-4-9(13)6-14-5-8/h4-7,10,15H,2-3H2,1H3. The van der Waals surface area contributed by atoms with Crippen LogP contribution in [-0.2, 0) is 0 Å². The van der Waals surface area contributed by atoms with Gasteiger partial charge in [-0.3, -0.25) is 4.98 Å². The van der Waals surface area contributed by atoms with Crippen LogP contribution in [-0.4, -0.2) is 21.7 Å². The Bertz CT molecular complexity index is 557. The first-order valence-corrected chi connectivity index (χ1v) is 6.71. The molecular formula is C12H13BrN4O. The maximum Gasteiger partial charge on any atom is 0.244 e. The van der Waals surface area contributed by atoms with E-state index in [1.165, 1.54) is 0 Å². The molecule has 0 aliphatic carbocycles. The molecule has 5 nitrogen and oxygen atoms in total. The van der Waals surface area contributed by atoms with Crippen LogP contribution in [0.25, 0.3) is 11.4 Å². The van der Waals surface area contributed by atoms with Crippen LogP contribution in [0, 0.1) is 5.92 Å². The number of hydrogen-bond donors (Lipinski definition) is 1. The Labute approximate surface area is 113 Å². The predicted octanol–water partition coefficient (Wildman–Crippen LogP) is 2.56. The zero-order valence-corrected chi connectivity index (χ0v) is 11.5. The van der Waals surface area contributed by atoms with Crippen molar-refractivity contribution in [1.29, 1.82) is 0 Å². The lowest BCUT2D eigenvalue weighted by molar-refractivity contribution is 0.319. The fraction of sp³-hybridized carbons (Fsp3) is 0.417. The Hall–Kier alpha value is -1.27. The first kappa shape index (κ1) is 11.8. The fourth-order valence-corrected chi connectivity index (χ4v) is 2.54. The van der Waals surface area contributed by atoms with Crippen molar-refractivity contribution in [2.24, 2.45) is 5.92 Å². The number of hydrogen-bond acceptors (Lipinski definition) is 5. The fourth-order valence-electron chi connectivity index (χ4n) is 2.18. The Morgan fingerprint density at radius 2 is 2.33 bits per heavy atom. The Morgan fingerprint density at radius 1 is 1.44 bits per heavy atom. The molecule has 0 amide bonds. The van der Waals surface area contributed by atoms with Gasteiger partial charge >= 0.3 is 0 Å². The second-order valence-electron chi connectivity index (χ2n) is 4.55. The third-order valence-electron chi connectivity index (χ3n) is 3.20. The molecule has 0 saturated carbocycles. The highest BCUT2D eigenvalue weighted by atomic mass is 79.9. The van der Waals surface area contributed by atoms with E-state index < -0.39 is 0 Å². The van der Waals surface area contributed by atoms with E-state index in [1.54, 1.807) is 12.4 Å². The normalized spacial score (nSPS) is 23.4. The second kappa shape index (κ2) is 4.78. The van der Waals surface area contributed by atoms with Crippen LogP contribution in [0.4, 0.5) is 0 Å². The zero-order valence-electron chi connectivity index (χ0n) is 9.93. The van der Waals surface area contributed by atoms with Gasteiger partial charge in [0.2, 0.25) is 11.7 Å². The van der Waals surface area contributed by atoms with E-state index in [1.807, 2.05) is 6.07 Å². The largest absolute Gasteiger partial charge is 0.337 e. The lowest BCUT2D eigenvalue weighted by Gasteiger charge is -2.09. The molecule has 1 aliphatic heterocycles. The van der Waals surface area contributed by atoms with Crippen molar-refractivity contribution in [2.45, 2.75) is 19.4 Å². The summed E-state index contributed by atoms with van der Waals surface area (Å²) in [5, 5.41) is 7.40. The molecule has 2 atom stereocenters. The summed E-state index contributed by atoms with van der Waals surface area (Å²) >= 11 is 3.38. The van der Waals surface area contributed by atoms with Crippen LogP contribution in [0.3, 0.4) is 0 Å². The molecule has 0 spiro atoms. The highest BCUT2D eigenvalue weighted by molar-refractivity contribution is 9.10. The summed E-state index contributed by atoms with van der Waals surface area (Å²) in [5.74, 6) is 1.77. The number of nitrogens with zero attached hydrogens (tertiary/aromatic N) is 3. The van der Waals surface area contributed by atoms with E-state index in [0.717, 1.165) is 23.0 Å². The summed E-state index contributed by atoms with van der Waals surface area (Å²) in [4.78, 5) is 8.55. The Morgan fingerprint density at radius 3 is 3.06 bits per heavy atom. The van der Waals surface area contributed by atoms with E-state index in [4.69, 9.17) is 4.52 Å². The van der Waals surface area contributed by atoms with Gasteiger partial charge in [-0.25, -0.2) is 0 Å². The van der Waals surface area contributed by atoms with Gasteiger partial charge in [0.25, 0.3) is 0 Å². The van der Waals surface area contributed by atoms with Crippen LogP contribution in [0.1, 0.15) is 25.3 Å². The molecule has 94 valence electrons. The van der Waals surface area contributed by atoms with Crippen molar-refractivity contribution in [2.75, 3.05) is 6.54 Å². The smallest absolute Gasteiger partial charge is 0.244 e. The topological polar surface area (TPSA) is 63.8 Å². The molecule has 3 heterocycles. The van der Waals surface area contributed by atoms with Gasteiger partial charge < -0.3 is 9.84 Å². The molecule has 1 aliphatic rings. The van der Waals surface area contributed by atoms with Crippen LogP contribution < -0.4 is 5.32 Å². The average Bonchev–Trinajstić information content (AvgIpc) is 2.97. The molecule has 2 aromatic rings. The molecule has 2 aromatic heterocycles. The van der Waals surface area contributed by atoms with Gasteiger partial charge in [-0.2, -0.15) is 4.98 Å². The van der Waals surface area contributed by atoms with E-state index in [0.29, 0.717) is 17.6 Å². The molecule has 6 heteroatoms. The first-order valence-electron chi connectivity index (χ1n) is 5.92. The lowest BCUT2D eigenvalue weighted by atomic mass is 10.0. The highest BCUT2D eigenvalue weighted by Crippen LogP contribution is 2.29. The number of aromatic nitrogens is 3. The van der Waals surface area contributed by atoms with Crippen molar-refractivity contribution >= 4 is 15.9 Å². The summed E-state index contributed by atoms with van der Waals surface area (Å²) in [6.07, 6.45) is 4.59. The third kappa shape index (κ3) is 2.18. The van der Waals surface area contributed by atoms with Crippen LogP contribution in [0.5, 0.6) is 0 Å². The van der Waals surface area contributed by atoms with Gasteiger partial charge in [-0.1, -0.05) is 12.1 Å². The molecule has 1 N–H and O–H groups in total. The van der Waals surface area contributed by atoms with Gasteiger partial charge in [0.15, 0.2) is 0 Å². The quantitative estimate of drug-likeness (QED) is 0.923. The van der Waals surface area contributed by atoms with E-state index >= 15 is 0 Å². The Kier molecular flexibility index (Phi) is 3.13. The van der Waals surface area contributed by atoms with Gasteiger partial charge in [0.1, 0.15) is 0 Å². The van der Waals surface area contributed by atoms with E-state index in [9.17, 15) is 0 Å². The molecule has 3 rings (SSSR count). The summed E-state index contributed by atoms with van der Waals surface area (Å²) in [7, 11) is 0. The zero-order chi connectivity index (χ0) is 12.5. The van der Waals surface area contributed by atoms with Crippen molar-refractivity contribution in [1.82, 2.24) is 20.4 Å². The number of rotatable bonds is 2. The van der Waals surface area contributed by atoms with Gasteiger partial charge in [-0.15, -0.1) is 0 Å². The third-order valence-corrected chi connectivity index (χ3v) is 3.64. The minimum Gasteiger partial charge on any atom is -0.337 e. The van der Waals surface area contributed by atoms with Crippen LogP contribution >= 0.6 is 15.9 Å². The Balaban J connectivity index is 1.89. The summed E-state index contributed by atoms with van der Waals surface area (Å²) in [6, 6.07) is 2.10. The van der Waals surface area contributed by atoms with Crippen molar-refractivity contribution < 1.29 is 4.52 Å². The minimum atomic E-state index is 0.173. The van der Waals surface area contributed by atoms with Crippen LogP contribution in [0.2, 0.25) is 0 Å². The maximum absolute atomic E-state index is 5.35. The highest BCUT2D eigenvalue weighted by Gasteiger charge is 2.29. The number of halogens is 1.